The lowest BCUT2D eigenvalue weighted by molar-refractivity contribution is 0.620. The van der Waals surface area contributed by atoms with E-state index >= 15 is 0 Å². The number of rotatable bonds is 5. The number of allylic oxidation sites excluding steroid dienone is 4. The van der Waals surface area contributed by atoms with Crippen LogP contribution in [0, 0.1) is 0 Å². The van der Waals surface area contributed by atoms with E-state index in [2.05, 4.69) is 48.6 Å². The van der Waals surface area contributed by atoms with Crippen LogP contribution in [0.2, 0.25) is 0 Å². The second-order valence-electron chi connectivity index (χ2n) is 10.6. The summed E-state index contributed by atoms with van der Waals surface area (Å²) in [7, 11) is 0. The predicted octanol–water partition coefficient (Wildman–Crippen LogP) is 9.43. The molecule has 0 amide bonds. The van der Waals surface area contributed by atoms with Gasteiger partial charge in [0.15, 0.2) is 23.1 Å². The van der Waals surface area contributed by atoms with Crippen molar-refractivity contribution in [2.75, 3.05) is 0 Å². The summed E-state index contributed by atoms with van der Waals surface area (Å²) in [5, 5.41) is 2.21. The molecule has 0 fully saturated rings. The van der Waals surface area contributed by atoms with Crippen LogP contribution in [0.3, 0.4) is 0 Å². The van der Waals surface area contributed by atoms with Gasteiger partial charge in [0.1, 0.15) is 5.52 Å². The summed E-state index contributed by atoms with van der Waals surface area (Å²) in [5.41, 5.74) is 7.89. The highest BCUT2D eigenvalue weighted by atomic mass is 16.3. The molecular formula is C38H26N4O. The van der Waals surface area contributed by atoms with E-state index in [4.69, 9.17) is 24.4 Å². The van der Waals surface area contributed by atoms with Crippen LogP contribution in [-0.2, 0) is 0 Å². The molecule has 0 saturated carbocycles. The van der Waals surface area contributed by atoms with Crippen molar-refractivity contribution in [1.82, 2.24) is 19.9 Å². The molecule has 5 aromatic carbocycles. The van der Waals surface area contributed by atoms with Gasteiger partial charge in [0, 0.05) is 22.3 Å². The Bertz CT molecular complexity index is 2090. The number of hydrogen-bond donors (Lipinski definition) is 0. The quantitative estimate of drug-likeness (QED) is 0.212. The van der Waals surface area contributed by atoms with Crippen molar-refractivity contribution in [2.24, 2.45) is 0 Å². The SMILES string of the molecule is C1=CC(c2ccc(-c3nc4ccccc4o3)c3ccccc23)=C(c2nc(-c3ccccc3)nc(-c3ccccc3)n2)CC1. The van der Waals surface area contributed by atoms with E-state index in [1.54, 1.807) is 0 Å². The number of aromatic nitrogens is 4. The third-order valence-electron chi connectivity index (χ3n) is 7.88. The Balaban J connectivity index is 1.33. The molecule has 0 aliphatic heterocycles. The smallest absolute Gasteiger partial charge is 0.227 e. The van der Waals surface area contributed by atoms with Gasteiger partial charge in [-0.1, -0.05) is 115 Å². The number of hydrogen-bond acceptors (Lipinski definition) is 5. The van der Waals surface area contributed by atoms with Gasteiger partial charge in [0.2, 0.25) is 5.89 Å². The fraction of sp³-hybridized carbons (Fsp3) is 0.0526. The van der Waals surface area contributed by atoms with E-state index in [1.807, 2.05) is 84.9 Å². The van der Waals surface area contributed by atoms with E-state index in [9.17, 15) is 0 Å². The van der Waals surface area contributed by atoms with Crippen LogP contribution in [0.25, 0.3) is 67.2 Å². The van der Waals surface area contributed by atoms with Crippen LogP contribution < -0.4 is 0 Å². The Morgan fingerprint density at radius 3 is 1.79 bits per heavy atom. The average molecular weight is 555 g/mol. The van der Waals surface area contributed by atoms with Crippen molar-refractivity contribution in [3.8, 4) is 34.2 Å². The van der Waals surface area contributed by atoms with Gasteiger partial charge >= 0.3 is 0 Å². The zero-order chi connectivity index (χ0) is 28.6. The molecule has 0 N–H and O–H groups in total. The van der Waals surface area contributed by atoms with E-state index in [0.717, 1.165) is 68.1 Å². The third-order valence-corrected chi connectivity index (χ3v) is 7.88. The molecule has 0 unspecified atom stereocenters. The zero-order valence-corrected chi connectivity index (χ0v) is 23.3. The third kappa shape index (κ3) is 4.61. The Morgan fingerprint density at radius 2 is 1.09 bits per heavy atom. The summed E-state index contributed by atoms with van der Waals surface area (Å²) in [6.07, 6.45) is 6.21. The van der Waals surface area contributed by atoms with E-state index in [-0.39, 0.29) is 0 Å². The van der Waals surface area contributed by atoms with Gasteiger partial charge in [-0.25, -0.2) is 19.9 Å². The molecule has 1 aliphatic carbocycles. The Labute approximate surface area is 249 Å². The van der Waals surface area contributed by atoms with Crippen LogP contribution in [0.4, 0.5) is 0 Å². The average Bonchev–Trinajstić information content (AvgIpc) is 3.53. The number of fused-ring (bicyclic) bond motifs is 2. The first kappa shape index (κ1) is 25.1. The highest BCUT2D eigenvalue weighted by molar-refractivity contribution is 6.08. The van der Waals surface area contributed by atoms with Gasteiger partial charge in [-0.15, -0.1) is 0 Å². The Kier molecular flexibility index (Phi) is 6.19. The van der Waals surface area contributed by atoms with Crippen molar-refractivity contribution >= 4 is 33.0 Å². The van der Waals surface area contributed by atoms with Crippen molar-refractivity contribution in [3.05, 3.63) is 145 Å². The fourth-order valence-corrected chi connectivity index (χ4v) is 5.80. The zero-order valence-electron chi connectivity index (χ0n) is 23.3. The van der Waals surface area contributed by atoms with Gasteiger partial charge in [-0.05, 0) is 52.9 Å². The molecule has 2 aromatic heterocycles. The molecule has 8 rings (SSSR count). The van der Waals surface area contributed by atoms with Crippen LogP contribution in [-0.4, -0.2) is 19.9 Å². The number of benzene rings is 5. The van der Waals surface area contributed by atoms with Crippen LogP contribution >= 0.6 is 0 Å². The Morgan fingerprint density at radius 1 is 0.512 bits per heavy atom. The van der Waals surface area contributed by atoms with Crippen LogP contribution in [0.1, 0.15) is 24.2 Å². The number of oxazole rings is 1. The first-order valence-corrected chi connectivity index (χ1v) is 14.5. The lowest BCUT2D eigenvalue weighted by atomic mass is 9.87. The summed E-state index contributed by atoms with van der Waals surface area (Å²) in [6, 6.07) is 40.9. The molecule has 1 aliphatic rings. The van der Waals surface area contributed by atoms with Gasteiger partial charge in [-0.3, -0.25) is 0 Å². The van der Waals surface area contributed by atoms with E-state index < -0.39 is 0 Å². The maximum Gasteiger partial charge on any atom is 0.227 e. The molecule has 2 heterocycles. The highest BCUT2D eigenvalue weighted by Crippen LogP contribution is 2.40. The van der Waals surface area contributed by atoms with Gasteiger partial charge in [0.25, 0.3) is 0 Å². The first-order valence-electron chi connectivity index (χ1n) is 14.5. The van der Waals surface area contributed by atoms with E-state index in [0.29, 0.717) is 23.4 Å². The van der Waals surface area contributed by atoms with Gasteiger partial charge < -0.3 is 4.42 Å². The summed E-state index contributed by atoms with van der Waals surface area (Å²) in [4.78, 5) is 19.8. The van der Waals surface area contributed by atoms with Crippen molar-refractivity contribution in [2.45, 2.75) is 12.8 Å². The van der Waals surface area contributed by atoms with Gasteiger partial charge in [0.05, 0.1) is 0 Å². The molecule has 43 heavy (non-hydrogen) atoms. The summed E-state index contributed by atoms with van der Waals surface area (Å²) >= 11 is 0. The second kappa shape index (κ2) is 10.6. The fourth-order valence-electron chi connectivity index (χ4n) is 5.80. The lowest BCUT2D eigenvalue weighted by Crippen LogP contribution is -2.05. The van der Waals surface area contributed by atoms with Crippen LogP contribution in [0.5, 0.6) is 0 Å². The van der Waals surface area contributed by atoms with Crippen molar-refractivity contribution in [1.29, 1.82) is 0 Å². The van der Waals surface area contributed by atoms with Crippen molar-refractivity contribution in [3.63, 3.8) is 0 Å². The largest absolute Gasteiger partial charge is 0.436 e. The number of para-hydroxylation sites is 2. The highest BCUT2D eigenvalue weighted by Gasteiger charge is 2.21. The first-order chi connectivity index (χ1) is 21.3. The monoisotopic (exact) mass is 554 g/mol. The second-order valence-corrected chi connectivity index (χ2v) is 10.6. The lowest BCUT2D eigenvalue weighted by Gasteiger charge is -2.19. The molecule has 0 spiro atoms. The maximum atomic E-state index is 6.18. The Hall–Kier alpha value is -5.68. The minimum atomic E-state index is 0.620. The number of nitrogens with zero attached hydrogens (tertiary/aromatic N) is 4. The maximum absolute atomic E-state index is 6.18. The minimum absolute atomic E-state index is 0.620. The molecule has 0 radical (unpaired) electrons. The molecular weight excluding hydrogens is 528 g/mol. The summed E-state index contributed by atoms with van der Waals surface area (Å²) in [6.45, 7) is 0. The van der Waals surface area contributed by atoms with Crippen LogP contribution in [0.15, 0.2) is 138 Å². The molecule has 0 bridgehead atoms. The molecule has 0 atom stereocenters. The van der Waals surface area contributed by atoms with E-state index in [1.165, 1.54) is 0 Å². The molecule has 7 aromatic rings. The van der Waals surface area contributed by atoms with Gasteiger partial charge in [-0.2, -0.15) is 0 Å². The topological polar surface area (TPSA) is 64.7 Å². The summed E-state index contributed by atoms with van der Waals surface area (Å²) < 4.78 is 6.18. The predicted molar refractivity (Wildman–Crippen MR) is 173 cm³/mol. The minimum Gasteiger partial charge on any atom is -0.436 e. The standard InChI is InChI=1S/C38H26N4O/c1-3-13-25(14-4-1)35-40-36(26-15-5-2-6-16-26)42-37(41-35)31-20-10-9-18-28(31)30-23-24-32(29-19-8-7-17-27(29)30)38-39-33-21-11-12-22-34(33)43-38/h1-9,11-19,21-24H,10,20H2. The molecule has 5 heteroatoms. The normalized spacial score (nSPS) is 13.2. The molecule has 5 nitrogen and oxygen atoms in total. The molecule has 0 saturated heterocycles. The molecule has 204 valence electrons. The van der Waals surface area contributed by atoms with Crippen molar-refractivity contribution < 1.29 is 4.42 Å². The summed E-state index contributed by atoms with van der Waals surface area (Å²) in [5.74, 6) is 2.66.